The van der Waals surface area contributed by atoms with Crippen LogP contribution in [-0.4, -0.2) is 14.6 Å². The molecule has 8 heteroatoms. The Kier molecular flexibility index (Phi) is 4.90. The van der Waals surface area contributed by atoms with Gasteiger partial charge in [0.05, 0.1) is 10.4 Å². The minimum atomic E-state index is -0.454. The molecule has 0 atom stereocenters. The normalized spacial score (nSPS) is 10.9. The van der Waals surface area contributed by atoms with E-state index >= 15 is 0 Å². The van der Waals surface area contributed by atoms with Crippen LogP contribution < -0.4 is 4.84 Å². The summed E-state index contributed by atoms with van der Waals surface area (Å²) in [6.07, 6.45) is 0. The van der Waals surface area contributed by atoms with E-state index in [-0.39, 0.29) is 12.3 Å². The van der Waals surface area contributed by atoms with Gasteiger partial charge in [-0.25, -0.2) is 4.98 Å². The fourth-order valence-electron chi connectivity index (χ4n) is 2.86. The highest BCUT2D eigenvalue weighted by atomic mass is 35.5. The maximum atomic E-state index is 11.2. The van der Waals surface area contributed by atoms with Crippen molar-refractivity contribution in [2.45, 2.75) is 6.61 Å². The molecule has 0 N–H and O–H groups in total. The minimum Gasteiger partial charge on any atom is -0.407 e. The highest BCUT2D eigenvalue weighted by Gasteiger charge is 2.18. The van der Waals surface area contributed by atoms with Gasteiger partial charge in [-0.3, -0.25) is 10.1 Å². The van der Waals surface area contributed by atoms with Crippen LogP contribution >= 0.6 is 23.2 Å². The molecule has 4 aromatic rings. The first kappa shape index (κ1) is 18.3. The maximum absolute atomic E-state index is 11.2. The van der Waals surface area contributed by atoms with E-state index in [4.69, 9.17) is 28.0 Å². The molecule has 0 aliphatic rings. The van der Waals surface area contributed by atoms with Gasteiger partial charge in [0.25, 0.3) is 5.69 Å². The Morgan fingerprint density at radius 1 is 1.00 bits per heavy atom. The molecule has 0 saturated carbocycles. The number of nitrogens with zero attached hydrogens (tertiary/aromatic N) is 3. The van der Waals surface area contributed by atoms with E-state index in [2.05, 4.69) is 4.98 Å². The lowest BCUT2D eigenvalue weighted by atomic mass is 10.2. The number of fused-ring (bicyclic) bond motifs is 1. The number of non-ortho nitro benzene ring substituents is 1. The molecule has 140 valence electrons. The standard InChI is InChI=1S/C20H13Cl2N3O3/c21-16-7-4-8-17(22)15(16)12-28-24-19-11-14(25(26)27)9-10-18(19)23-20(24)13-5-2-1-3-6-13/h1-11H,12H2. The third-order valence-corrected chi connectivity index (χ3v) is 4.95. The fraction of sp³-hybridized carbons (Fsp3) is 0.0500. The Bertz CT molecular complexity index is 1160. The molecule has 1 heterocycles. The lowest BCUT2D eigenvalue weighted by Crippen LogP contribution is -2.13. The molecule has 3 aromatic carbocycles. The molecule has 0 aliphatic heterocycles. The van der Waals surface area contributed by atoms with E-state index in [0.29, 0.717) is 32.5 Å². The largest absolute Gasteiger partial charge is 0.407 e. The summed E-state index contributed by atoms with van der Waals surface area (Å²) >= 11 is 12.5. The van der Waals surface area contributed by atoms with E-state index in [1.165, 1.54) is 16.9 Å². The van der Waals surface area contributed by atoms with Gasteiger partial charge in [-0.2, -0.15) is 4.73 Å². The lowest BCUT2D eigenvalue weighted by Gasteiger charge is -2.13. The van der Waals surface area contributed by atoms with E-state index in [1.54, 1.807) is 24.3 Å². The van der Waals surface area contributed by atoms with Gasteiger partial charge in [0.2, 0.25) is 0 Å². The molecule has 1 aromatic heterocycles. The summed E-state index contributed by atoms with van der Waals surface area (Å²) in [7, 11) is 0. The molecular weight excluding hydrogens is 401 g/mol. The van der Waals surface area contributed by atoms with Gasteiger partial charge >= 0.3 is 0 Å². The average molecular weight is 414 g/mol. The molecule has 0 fully saturated rings. The number of halogens is 2. The minimum absolute atomic E-state index is 0.0485. The molecule has 0 unspecified atom stereocenters. The fourth-order valence-corrected chi connectivity index (χ4v) is 3.36. The lowest BCUT2D eigenvalue weighted by molar-refractivity contribution is -0.384. The van der Waals surface area contributed by atoms with Gasteiger partial charge < -0.3 is 4.84 Å². The molecule has 6 nitrogen and oxygen atoms in total. The second-order valence-corrected chi connectivity index (χ2v) is 6.81. The Labute approximate surface area is 170 Å². The van der Waals surface area contributed by atoms with Crippen LogP contribution in [-0.2, 0) is 6.61 Å². The zero-order valence-corrected chi connectivity index (χ0v) is 15.9. The van der Waals surface area contributed by atoms with Crippen LogP contribution in [0.15, 0.2) is 66.7 Å². The van der Waals surface area contributed by atoms with Crippen molar-refractivity contribution in [3.63, 3.8) is 0 Å². The molecule has 0 spiro atoms. The quantitative estimate of drug-likeness (QED) is 0.317. The van der Waals surface area contributed by atoms with E-state index in [9.17, 15) is 10.1 Å². The Morgan fingerprint density at radius 3 is 2.39 bits per heavy atom. The van der Waals surface area contributed by atoms with Gasteiger partial charge in [0.1, 0.15) is 12.1 Å². The van der Waals surface area contributed by atoms with E-state index in [0.717, 1.165) is 5.56 Å². The summed E-state index contributed by atoms with van der Waals surface area (Å²) in [6.45, 7) is 0.0759. The topological polar surface area (TPSA) is 70.2 Å². The predicted octanol–water partition coefficient (Wildman–Crippen LogP) is 5.55. The number of hydrogen-bond acceptors (Lipinski definition) is 4. The molecule has 28 heavy (non-hydrogen) atoms. The highest BCUT2D eigenvalue weighted by molar-refractivity contribution is 6.35. The van der Waals surface area contributed by atoms with Crippen molar-refractivity contribution >= 4 is 39.9 Å². The SMILES string of the molecule is O=[N+]([O-])c1ccc2nc(-c3ccccc3)n(OCc3c(Cl)cccc3Cl)c2c1. The first-order valence-corrected chi connectivity index (χ1v) is 9.08. The third kappa shape index (κ3) is 3.40. The maximum Gasteiger partial charge on any atom is 0.271 e. The van der Waals surface area contributed by atoms with Crippen molar-refractivity contribution in [3.05, 3.63) is 92.5 Å². The summed E-state index contributed by atoms with van der Waals surface area (Å²) in [4.78, 5) is 21.3. The Hall–Kier alpha value is -3.09. The summed E-state index contributed by atoms with van der Waals surface area (Å²) in [5, 5.41) is 12.2. The summed E-state index contributed by atoms with van der Waals surface area (Å²) in [6, 6.07) is 19.1. The van der Waals surface area contributed by atoms with Crippen LogP contribution in [0.4, 0.5) is 5.69 Å². The zero-order chi connectivity index (χ0) is 19.7. The van der Waals surface area contributed by atoms with Crippen LogP contribution in [0.1, 0.15) is 5.56 Å². The van der Waals surface area contributed by atoms with Crippen molar-refractivity contribution < 1.29 is 9.76 Å². The van der Waals surface area contributed by atoms with Gasteiger partial charge in [0.15, 0.2) is 5.82 Å². The van der Waals surface area contributed by atoms with Crippen molar-refractivity contribution in [3.8, 4) is 11.4 Å². The van der Waals surface area contributed by atoms with Gasteiger partial charge in [-0.15, -0.1) is 0 Å². The number of rotatable bonds is 5. The van der Waals surface area contributed by atoms with E-state index < -0.39 is 4.92 Å². The third-order valence-electron chi connectivity index (χ3n) is 4.24. The molecule has 0 aliphatic carbocycles. The summed E-state index contributed by atoms with van der Waals surface area (Å²) < 4.78 is 1.48. The molecule has 4 rings (SSSR count). The Balaban J connectivity index is 1.83. The van der Waals surface area contributed by atoms with Crippen molar-refractivity contribution in [2.24, 2.45) is 0 Å². The van der Waals surface area contributed by atoms with Crippen LogP contribution in [0.3, 0.4) is 0 Å². The number of nitro groups is 1. The van der Waals surface area contributed by atoms with Gasteiger partial charge in [-0.05, 0) is 18.2 Å². The van der Waals surface area contributed by atoms with Crippen molar-refractivity contribution in [2.75, 3.05) is 0 Å². The second kappa shape index (κ2) is 7.50. The monoisotopic (exact) mass is 413 g/mol. The van der Waals surface area contributed by atoms with Crippen LogP contribution in [0.25, 0.3) is 22.4 Å². The van der Waals surface area contributed by atoms with Crippen LogP contribution in [0, 0.1) is 10.1 Å². The molecular formula is C20H13Cl2N3O3. The number of hydrogen-bond donors (Lipinski definition) is 0. The first-order valence-electron chi connectivity index (χ1n) is 8.33. The Morgan fingerprint density at radius 2 is 1.71 bits per heavy atom. The zero-order valence-electron chi connectivity index (χ0n) is 14.4. The first-order chi connectivity index (χ1) is 13.5. The molecule has 0 amide bonds. The van der Waals surface area contributed by atoms with E-state index in [1.807, 2.05) is 30.3 Å². The number of nitro benzene ring substituents is 1. The average Bonchev–Trinajstić information content (AvgIpc) is 3.06. The number of imidazole rings is 1. The predicted molar refractivity (Wildman–Crippen MR) is 109 cm³/mol. The molecule has 0 saturated heterocycles. The van der Waals surface area contributed by atoms with Crippen LogP contribution in [0.2, 0.25) is 10.0 Å². The molecule has 0 bridgehead atoms. The molecule has 0 radical (unpaired) electrons. The van der Waals surface area contributed by atoms with Gasteiger partial charge in [0, 0.05) is 33.3 Å². The summed E-state index contributed by atoms with van der Waals surface area (Å²) in [5.41, 5.74) is 2.45. The van der Waals surface area contributed by atoms with Crippen molar-refractivity contribution in [1.82, 2.24) is 9.71 Å². The van der Waals surface area contributed by atoms with Gasteiger partial charge in [-0.1, -0.05) is 59.6 Å². The van der Waals surface area contributed by atoms with Crippen molar-refractivity contribution in [1.29, 1.82) is 0 Å². The summed E-state index contributed by atoms with van der Waals surface area (Å²) in [5.74, 6) is 0.527. The highest BCUT2D eigenvalue weighted by Crippen LogP contribution is 2.29. The van der Waals surface area contributed by atoms with Crippen LogP contribution in [0.5, 0.6) is 0 Å². The number of aromatic nitrogens is 2. The number of benzene rings is 3. The second-order valence-electron chi connectivity index (χ2n) is 6.00. The smallest absolute Gasteiger partial charge is 0.271 e.